The van der Waals surface area contributed by atoms with Crippen LogP contribution in [-0.4, -0.2) is 62.4 Å². The molecule has 158 valence electrons. The predicted molar refractivity (Wildman–Crippen MR) is 111 cm³/mol. The number of methoxy groups -OCH3 is 3. The fraction of sp³-hybridized carbons (Fsp3) is 0.500. The Morgan fingerprint density at radius 1 is 1.17 bits per heavy atom. The number of anilines is 1. The number of nitrogens with one attached hydrogen (secondary N) is 1. The second-order valence-corrected chi connectivity index (χ2v) is 7.82. The van der Waals surface area contributed by atoms with E-state index in [0.717, 1.165) is 25.3 Å². The van der Waals surface area contributed by atoms with E-state index in [-0.39, 0.29) is 18.1 Å². The Bertz CT molecular complexity index is 821. The van der Waals surface area contributed by atoms with Gasteiger partial charge in [0.1, 0.15) is 0 Å². The van der Waals surface area contributed by atoms with Gasteiger partial charge in [-0.3, -0.25) is 15.0 Å². The van der Waals surface area contributed by atoms with Crippen LogP contribution in [0.25, 0.3) is 0 Å². The Morgan fingerprint density at radius 3 is 2.34 bits per heavy atom. The number of carbonyl (C=O) groups is 1. The molecular weight excluding hydrogens is 394 g/mol. The van der Waals surface area contributed by atoms with E-state index in [0.29, 0.717) is 27.9 Å². The summed E-state index contributed by atoms with van der Waals surface area (Å²) in [5.41, 5.74) is 1.32. The molecule has 29 heavy (non-hydrogen) atoms. The van der Waals surface area contributed by atoms with Gasteiger partial charge in [0.15, 0.2) is 16.6 Å². The summed E-state index contributed by atoms with van der Waals surface area (Å²) in [6, 6.07) is 3.23. The van der Waals surface area contributed by atoms with E-state index in [4.69, 9.17) is 18.9 Å². The highest BCUT2D eigenvalue weighted by molar-refractivity contribution is 7.14. The molecule has 0 unspecified atom stereocenters. The van der Waals surface area contributed by atoms with Crippen molar-refractivity contribution in [3.05, 3.63) is 28.8 Å². The minimum Gasteiger partial charge on any atom is -0.493 e. The van der Waals surface area contributed by atoms with E-state index in [9.17, 15) is 4.79 Å². The van der Waals surface area contributed by atoms with Crippen molar-refractivity contribution in [2.75, 3.05) is 39.7 Å². The predicted octanol–water partition coefficient (Wildman–Crippen LogP) is 3.03. The molecule has 2 atom stereocenters. The summed E-state index contributed by atoms with van der Waals surface area (Å²) in [6.07, 6.45) is 0.410. The van der Waals surface area contributed by atoms with Crippen LogP contribution in [0.1, 0.15) is 29.9 Å². The lowest BCUT2D eigenvalue weighted by molar-refractivity contribution is -0.0707. The zero-order valence-corrected chi connectivity index (χ0v) is 18.2. The van der Waals surface area contributed by atoms with Gasteiger partial charge in [0.05, 0.1) is 39.2 Å². The van der Waals surface area contributed by atoms with Crippen LogP contribution in [0.4, 0.5) is 5.13 Å². The van der Waals surface area contributed by atoms with Gasteiger partial charge in [-0.1, -0.05) is 0 Å². The van der Waals surface area contributed by atoms with Crippen LogP contribution < -0.4 is 19.5 Å². The number of hydrogen-bond acceptors (Lipinski definition) is 8. The lowest BCUT2D eigenvalue weighted by Crippen LogP contribution is -2.44. The smallest absolute Gasteiger partial charge is 0.257 e. The first kappa shape index (κ1) is 21.4. The molecule has 2 aromatic rings. The number of hydrogen-bond donors (Lipinski definition) is 1. The number of morpholine rings is 1. The summed E-state index contributed by atoms with van der Waals surface area (Å²) >= 11 is 1.40. The van der Waals surface area contributed by atoms with Crippen molar-refractivity contribution in [2.24, 2.45) is 0 Å². The van der Waals surface area contributed by atoms with E-state index in [2.05, 4.69) is 29.0 Å². The average Bonchev–Trinajstić information content (AvgIpc) is 3.12. The first-order chi connectivity index (χ1) is 13.9. The van der Waals surface area contributed by atoms with Crippen LogP contribution in [0.15, 0.2) is 17.5 Å². The normalized spacial score (nSPS) is 19.6. The topological polar surface area (TPSA) is 82.2 Å². The molecule has 0 radical (unpaired) electrons. The fourth-order valence-electron chi connectivity index (χ4n) is 3.46. The van der Waals surface area contributed by atoms with Crippen LogP contribution in [0.3, 0.4) is 0 Å². The quantitative estimate of drug-likeness (QED) is 0.736. The van der Waals surface area contributed by atoms with Crippen molar-refractivity contribution in [3.8, 4) is 17.2 Å². The number of amides is 1. The van der Waals surface area contributed by atoms with E-state index in [1.807, 2.05) is 5.38 Å². The van der Waals surface area contributed by atoms with Gasteiger partial charge in [0.2, 0.25) is 5.75 Å². The SMILES string of the molecule is COc1cc(C(=O)Nc2nc(CN3C[C@H](C)O[C@@H](C)C3)cs2)cc(OC)c1OC. The molecule has 1 aromatic heterocycles. The molecule has 0 spiro atoms. The summed E-state index contributed by atoms with van der Waals surface area (Å²) in [4.78, 5) is 19.6. The summed E-state index contributed by atoms with van der Waals surface area (Å²) in [5, 5.41) is 5.36. The minimum atomic E-state index is -0.293. The standard InChI is InChI=1S/C20H27N3O5S/c1-12-8-23(9-13(2)28-12)10-15-11-29-20(21-15)22-19(24)14-6-16(25-3)18(27-5)17(7-14)26-4/h6-7,11-13H,8-10H2,1-5H3,(H,21,22,24)/t12-,13-/m0/s1. The highest BCUT2D eigenvalue weighted by atomic mass is 32.1. The molecule has 3 rings (SSSR count). The lowest BCUT2D eigenvalue weighted by atomic mass is 10.1. The number of nitrogens with zero attached hydrogens (tertiary/aromatic N) is 2. The zero-order valence-electron chi connectivity index (χ0n) is 17.4. The van der Waals surface area contributed by atoms with Gasteiger partial charge in [0.25, 0.3) is 5.91 Å². The molecule has 8 nitrogen and oxygen atoms in total. The number of rotatable bonds is 7. The van der Waals surface area contributed by atoms with Crippen LogP contribution in [0, 0.1) is 0 Å². The average molecular weight is 422 g/mol. The van der Waals surface area contributed by atoms with Crippen LogP contribution in [-0.2, 0) is 11.3 Å². The molecule has 1 fully saturated rings. The highest BCUT2D eigenvalue weighted by Gasteiger charge is 2.23. The van der Waals surface area contributed by atoms with Crippen molar-refractivity contribution in [2.45, 2.75) is 32.6 Å². The summed E-state index contributed by atoms with van der Waals surface area (Å²) in [5.74, 6) is 0.996. The van der Waals surface area contributed by atoms with Gasteiger partial charge in [0, 0.05) is 30.6 Å². The van der Waals surface area contributed by atoms with Gasteiger partial charge < -0.3 is 18.9 Å². The Hall–Kier alpha value is -2.36. The number of carbonyl (C=O) groups excluding carboxylic acids is 1. The van der Waals surface area contributed by atoms with Crippen LogP contribution in [0.5, 0.6) is 17.2 Å². The molecule has 1 N–H and O–H groups in total. The highest BCUT2D eigenvalue weighted by Crippen LogP contribution is 2.38. The van der Waals surface area contributed by atoms with E-state index in [1.54, 1.807) is 12.1 Å². The van der Waals surface area contributed by atoms with Crippen molar-refractivity contribution < 1.29 is 23.7 Å². The molecule has 0 bridgehead atoms. The van der Waals surface area contributed by atoms with E-state index < -0.39 is 0 Å². The van der Waals surface area contributed by atoms with E-state index >= 15 is 0 Å². The molecule has 9 heteroatoms. The molecular formula is C20H27N3O5S. The maximum absolute atomic E-state index is 12.7. The molecule has 1 aliphatic rings. The Kier molecular flexibility index (Phi) is 6.94. The third kappa shape index (κ3) is 5.17. The van der Waals surface area contributed by atoms with Crippen molar-refractivity contribution in [3.63, 3.8) is 0 Å². The fourth-order valence-corrected chi connectivity index (χ4v) is 4.16. The maximum Gasteiger partial charge on any atom is 0.257 e. The number of aromatic nitrogens is 1. The van der Waals surface area contributed by atoms with Crippen molar-refractivity contribution in [1.29, 1.82) is 0 Å². The zero-order chi connectivity index (χ0) is 21.0. The van der Waals surface area contributed by atoms with Crippen molar-refractivity contribution in [1.82, 2.24) is 9.88 Å². The third-order valence-electron chi connectivity index (χ3n) is 4.58. The summed E-state index contributed by atoms with van der Waals surface area (Å²) in [6.45, 7) is 6.62. The largest absolute Gasteiger partial charge is 0.493 e. The Labute approximate surface area is 174 Å². The van der Waals surface area contributed by atoms with Gasteiger partial charge in [-0.15, -0.1) is 11.3 Å². The third-order valence-corrected chi connectivity index (χ3v) is 5.39. The molecule has 0 saturated carbocycles. The monoisotopic (exact) mass is 421 g/mol. The maximum atomic E-state index is 12.7. The number of benzene rings is 1. The first-order valence-electron chi connectivity index (χ1n) is 9.37. The second-order valence-electron chi connectivity index (χ2n) is 6.96. The second kappa shape index (κ2) is 9.43. The van der Waals surface area contributed by atoms with Crippen LogP contribution in [0.2, 0.25) is 0 Å². The van der Waals surface area contributed by atoms with Crippen LogP contribution >= 0.6 is 11.3 Å². The molecule has 2 heterocycles. The summed E-state index contributed by atoms with van der Waals surface area (Å²) < 4.78 is 21.7. The lowest BCUT2D eigenvalue weighted by Gasteiger charge is -2.34. The van der Waals surface area contributed by atoms with Crippen molar-refractivity contribution >= 4 is 22.4 Å². The van der Waals surface area contributed by atoms with Gasteiger partial charge in [-0.2, -0.15) is 0 Å². The number of thiazole rings is 1. The molecule has 0 aliphatic carbocycles. The molecule has 1 aliphatic heterocycles. The van der Waals surface area contributed by atoms with Gasteiger partial charge in [-0.25, -0.2) is 4.98 Å². The molecule has 1 saturated heterocycles. The Balaban J connectivity index is 1.69. The van der Waals surface area contributed by atoms with E-state index in [1.165, 1.54) is 32.7 Å². The first-order valence-corrected chi connectivity index (χ1v) is 10.2. The molecule has 1 amide bonds. The summed E-state index contributed by atoms with van der Waals surface area (Å²) in [7, 11) is 4.55. The van der Waals surface area contributed by atoms with Gasteiger partial charge in [-0.05, 0) is 26.0 Å². The number of ether oxygens (including phenoxy) is 4. The minimum absolute atomic E-state index is 0.205. The molecule has 1 aromatic carbocycles. The Morgan fingerprint density at radius 2 is 1.79 bits per heavy atom. The van der Waals surface area contributed by atoms with Gasteiger partial charge >= 0.3 is 0 Å².